The zero-order valence-electron chi connectivity index (χ0n) is 28.7. The van der Waals surface area contributed by atoms with Gasteiger partial charge in [0.1, 0.15) is 11.8 Å². The fourth-order valence-corrected chi connectivity index (χ4v) is 7.81. The summed E-state index contributed by atoms with van der Waals surface area (Å²) < 4.78 is 12.1. The van der Waals surface area contributed by atoms with E-state index in [1.54, 1.807) is 12.0 Å². The summed E-state index contributed by atoms with van der Waals surface area (Å²) in [5.74, 6) is -1.03. The molecule has 2 fully saturated rings. The van der Waals surface area contributed by atoms with Gasteiger partial charge in [-0.15, -0.1) is 0 Å². The molecular weight excluding hydrogens is 552 g/mol. The predicted molar refractivity (Wildman–Crippen MR) is 175 cm³/mol. The van der Waals surface area contributed by atoms with Crippen LogP contribution in [-0.2, 0) is 26.3 Å². The number of methoxy groups -OCH3 is 1. The Kier molecular flexibility index (Phi) is 9.37. The zero-order chi connectivity index (χ0) is 32.8. The van der Waals surface area contributed by atoms with E-state index in [0.29, 0.717) is 19.4 Å². The first kappa shape index (κ1) is 34.0. The molecule has 0 unspecified atom stereocenters. The number of nitrogens with zero attached hydrogens (tertiary/aromatic N) is 1. The lowest BCUT2D eigenvalue weighted by molar-refractivity contribution is -0.185. The maximum absolute atomic E-state index is 14.8. The lowest BCUT2D eigenvalue weighted by Crippen LogP contribution is -2.53. The van der Waals surface area contributed by atoms with Crippen LogP contribution in [0.4, 0.5) is 0 Å². The molecule has 4 atom stereocenters. The van der Waals surface area contributed by atoms with Crippen LogP contribution in [0.1, 0.15) is 105 Å². The van der Waals surface area contributed by atoms with Gasteiger partial charge in [0.05, 0.1) is 24.4 Å². The highest BCUT2D eigenvalue weighted by molar-refractivity contribution is 5.87. The fourth-order valence-electron chi connectivity index (χ4n) is 7.81. The van der Waals surface area contributed by atoms with E-state index in [1.165, 1.54) is 5.56 Å². The van der Waals surface area contributed by atoms with Crippen molar-refractivity contribution >= 4 is 11.9 Å². The largest absolute Gasteiger partial charge is 0.496 e. The van der Waals surface area contributed by atoms with E-state index < -0.39 is 34.7 Å². The van der Waals surface area contributed by atoms with Crippen LogP contribution >= 0.6 is 0 Å². The van der Waals surface area contributed by atoms with E-state index in [9.17, 15) is 14.7 Å². The van der Waals surface area contributed by atoms with Crippen LogP contribution in [0.5, 0.6) is 5.75 Å². The van der Waals surface area contributed by atoms with Crippen molar-refractivity contribution in [1.29, 1.82) is 0 Å². The number of ether oxygens (including phenoxy) is 2. The summed E-state index contributed by atoms with van der Waals surface area (Å²) in [6, 6.07) is 14.4. The molecule has 0 bridgehead atoms. The molecule has 2 N–H and O–H groups in total. The molecule has 2 aliphatic rings. The van der Waals surface area contributed by atoms with Gasteiger partial charge in [-0.1, -0.05) is 84.0 Å². The molecule has 0 saturated carbocycles. The van der Waals surface area contributed by atoms with Gasteiger partial charge in [-0.05, 0) is 68.6 Å². The Balaban J connectivity index is 1.84. The summed E-state index contributed by atoms with van der Waals surface area (Å²) >= 11 is 0. The number of carboxylic acids is 1. The van der Waals surface area contributed by atoms with Gasteiger partial charge in [0.2, 0.25) is 5.91 Å². The van der Waals surface area contributed by atoms with Crippen LogP contribution in [0.2, 0.25) is 0 Å². The molecule has 2 aromatic carbocycles. The Bertz CT molecular complexity index is 1320. The van der Waals surface area contributed by atoms with Gasteiger partial charge in [0.15, 0.2) is 0 Å². The number of carboxylic acid groups (broad SMARTS) is 1. The smallest absolute Gasteiger partial charge is 0.326 e. The summed E-state index contributed by atoms with van der Waals surface area (Å²) in [5, 5.41) is 14.7. The van der Waals surface area contributed by atoms with Gasteiger partial charge in [0.25, 0.3) is 0 Å². The van der Waals surface area contributed by atoms with Crippen molar-refractivity contribution in [3.8, 4) is 5.75 Å². The monoisotopic (exact) mass is 606 g/mol. The van der Waals surface area contributed by atoms with Crippen molar-refractivity contribution in [2.75, 3.05) is 7.11 Å². The van der Waals surface area contributed by atoms with Crippen molar-refractivity contribution in [3.63, 3.8) is 0 Å². The third-order valence-electron chi connectivity index (χ3n) is 9.37. The van der Waals surface area contributed by atoms with Crippen LogP contribution in [-0.4, -0.2) is 52.3 Å². The van der Waals surface area contributed by atoms with Crippen LogP contribution in [0.25, 0.3) is 0 Å². The maximum Gasteiger partial charge on any atom is 0.326 e. The van der Waals surface area contributed by atoms with E-state index >= 15 is 0 Å². The zero-order valence-corrected chi connectivity index (χ0v) is 28.7. The van der Waals surface area contributed by atoms with Crippen molar-refractivity contribution in [1.82, 2.24) is 10.2 Å². The molecule has 0 aliphatic carbocycles. The average Bonchev–Trinajstić information content (AvgIpc) is 3.25. The first-order chi connectivity index (χ1) is 20.3. The minimum absolute atomic E-state index is 0.0439. The van der Waals surface area contributed by atoms with Gasteiger partial charge < -0.3 is 24.8 Å². The van der Waals surface area contributed by atoms with E-state index in [2.05, 4.69) is 59.0 Å². The average molecular weight is 607 g/mol. The quantitative estimate of drug-likeness (QED) is 0.349. The molecule has 2 aromatic rings. The molecule has 0 radical (unpaired) electrons. The van der Waals surface area contributed by atoms with Crippen LogP contribution in [0.3, 0.4) is 0 Å². The molecule has 7 nitrogen and oxygen atoms in total. The standard InChI is InChI=1S/C37H54N2O5/c1-34(2,3)26-17-18-27(43-11)24(19-26)22-38-29-28(35(4,5)6)31(33(41)42)39(30(29)23-15-13-12-14-16-23)32(40)25-20-36(7,8)44-37(9,10)21-25/h12-19,25,28-31,38H,20-22H2,1-11H3,(H,41,42)/t28-,29-,30-,31-/m0/s1. The second-order valence-electron chi connectivity index (χ2n) is 16.2. The topological polar surface area (TPSA) is 88.1 Å². The Morgan fingerprint density at radius 2 is 1.57 bits per heavy atom. The number of hydrogen-bond acceptors (Lipinski definition) is 5. The number of aliphatic carboxylic acids is 1. The van der Waals surface area contributed by atoms with Crippen molar-refractivity contribution in [2.24, 2.45) is 17.3 Å². The van der Waals surface area contributed by atoms with E-state index in [0.717, 1.165) is 16.9 Å². The van der Waals surface area contributed by atoms with Gasteiger partial charge in [-0.2, -0.15) is 0 Å². The number of nitrogens with one attached hydrogen (secondary N) is 1. The molecule has 2 saturated heterocycles. The van der Waals surface area contributed by atoms with E-state index in [1.807, 2.05) is 64.1 Å². The number of amides is 1. The van der Waals surface area contributed by atoms with Crippen molar-refractivity contribution < 1.29 is 24.2 Å². The second-order valence-corrected chi connectivity index (χ2v) is 16.2. The maximum atomic E-state index is 14.8. The summed E-state index contributed by atoms with van der Waals surface area (Å²) in [6.45, 7) is 21.3. The third-order valence-corrected chi connectivity index (χ3v) is 9.37. The van der Waals surface area contributed by atoms with Crippen molar-refractivity contribution in [2.45, 2.75) is 123 Å². The third kappa shape index (κ3) is 7.15. The molecule has 1 amide bonds. The van der Waals surface area contributed by atoms with Gasteiger partial charge in [-0.25, -0.2) is 4.79 Å². The summed E-state index contributed by atoms with van der Waals surface area (Å²) in [7, 11) is 1.67. The highest BCUT2D eigenvalue weighted by Gasteiger charge is 2.59. The Morgan fingerprint density at radius 3 is 2.07 bits per heavy atom. The van der Waals surface area contributed by atoms with Crippen molar-refractivity contribution in [3.05, 3.63) is 65.2 Å². The highest BCUT2D eigenvalue weighted by Crippen LogP contribution is 2.50. The number of rotatable bonds is 7. The van der Waals surface area contributed by atoms with E-state index in [4.69, 9.17) is 9.47 Å². The molecule has 44 heavy (non-hydrogen) atoms. The number of hydrogen-bond donors (Lipinski definition) is 2. The molecule has 0 aromatic heterocycles. The first-order valence-corrected chi connectivity index (χ1v) is 16.0. The molecule has 242 valence electrons. The normalized spacial score (nSPS) is 25.6. The first-order valence-electron chi connectivity index (χ1n) is 16.0. The highest BCUT2D eigenvalue weighted by atomic mass is 16.5. The van der Waals surface area contributed by atoms with Crippen LogP contribution < -0.4 is 10.1 Å². The SMILES string of the molecule is COc1ccc(C(C)(C)C)cc1CN[C@H]1[C@H](C(C)(C)C)[C@@H](C(=O)O)N(C(=O)C2CC(C)(C)OC(C)(C)C2)[C@H]1c1ccccc1. The lowest BCUT2D eigenvalue weighted by atomic mass is 9.72. The van der Waals surface area contributed by atoms with Gasteiger partial charge in [0, 0.05) is 30.0 Å². The minimum atomic E-state index is -0.998. The summed E-state index contributed by atoms with van der Waals surface area (Å²) in [4.78, 5) is 29.8. The fraction of sp³-hybridized carbons (Fsp3) is 0.622. The number of carbonyl (C=O) groups excluding carboxylic acids is 1. The number of carbonyl (C=O) groups is 2. The predicted octanol–water partition coefficient (Wildman–Crippen LogP) is 7.13. The Hall–Kier alpha value is -2.90. The molecule has 7 heteroatoms. The minimum Gasteiger partial charge on any atom is -0.496 e. The number of likely N-dealkylation sites (tertiary alicyclic amines) is 1. The molecule has 2 heterocycles. The van der Waals surface area contributed by atoms with E-state index in [-0.39, 0.29) is 29.2 Å². The summed E-state index contributed by atoms with van der Waals surface area (Å²) in [6.07, 6.45) is 1.07. The second kappa shape index (κ2) is 12.1. The van der Waals surface area contributed by atoms with Gasteiger partial charge in [-0.3, -0.25) is 4.79 Å². The summed E-state index contributed by atoms with van der Waals surface area (Å²) in [5.41, 5.74) is 1.66. The Morgan fingerprint density at radius 1 is 0.977 bits per heavy atom. The molecule has 0 spiro atoms. The number of benzene rings is 2. The lowest BCUT2D eigenvalue weighted by Gasteiger charge is -2.46. The Labute approximate surface area is 264 Å². The van der Waals surface area contributed by atoms with Crippen LogP contribution in [0.15, 0.2) is 48.5 Å². The molecular formula is C37H54N2O5. The molecule has 2 aliphatic heterocycles. The van der Waals surface area contributed by atoms with Gasteiger partial charge >= 0.3 is 5.97 Å². The van der Waals surface area contributed by atoms with Crippen LogP contribution in [0, 0.1) is 17.3 Å². The molecule has 4 rings (SSSR count).